The highest BCUT2D eigenvalue weighted by Gasteiger charge is 2.22. The topological polar surface area (TPSA) is 12.0 Å². The molecular formula is C18H28ClN. The van der Waals surface area contributed by atoms with Crippen molar-refractivity contribution in [1.82, 2.24) is 5.32 Å². The van der Waals surface area contributed by atoms with E-state index in [4.69, 9.17) is 11.6 Å². The second-order valence-corrected chi connectivity index (χ2v) is 7.09. The van der Waals surface area contributed by atoms with Crippen molar-refractivity contribution < 1.29 is 0 Å². The normalized spacial score (nSPS) is 25.4. The van der Waals surface area contributed by atoms with Crippen LogP contribution in [0.3, 0.4) is 0 Å². The highest BCUT2D eigenvalue weighted by molar-refractivity contribution is 6.30. The first-order valence-electron chi connectivity index (χ1n) is 8.07. The third kappa shape index (κ3) is 4.49. The Morgan fingerprint density at radius 3 is 2.60 bits per heavy atom. The molecule has 1 N–H and O–H groups in total. The molecule has 0 aromatic heterocycles. The molecule has 0 spiro atoms. The van der Waals surface area contributed by atoms with Gasteiger partial charge in [0.15, 0.2) is 0 Å². The van der Waals surface area contributed by atoms with Gasteiger partial charge in [0.2, 0.25) is 0 Å². The lowest BCUT2D eigenvalue weighted by Gasteiger charge is -2.23. The highest BCUT2D eigenvalue weighted by Crippen LogP contribution is 2.30. The van der Waals surface area contributed by atoms with E-state index in [9.17, 15) is 0 Å². The van der Waals surface area contributed by atoms with E-state index in [2.05, 4.69) is 38.2 Å². The minimum Gasteiger partial charge on any atom is -0.307 e. The third-order valence-electron chi connectivity index (χ3n) is 4.79. The first-order chi connectivity index (χ1) is 9.56. The summed E-state index contributed by atoms with van der Waals surface area (Å²) in [6.45, 7) is 6.98. The summed E-state index contributed by atoms with van der Waals surface area (Å²) < 4.78 is 0. The molecule has 1 saturated carbocycles. The predicted octanol–water partition coefficient (Wildman–Crippen LogP) is 5.60. The molecule has 1 fully saturated rings. The predicted molar refractivity (Wildman–Crippen MR) is 88.2 cm³/mol. The minimum absolute atomic E-state index is 0.384. The second kappa shape index (κ2) is 7.47. The van der Waals surface area contributed by atoms with Gasteiger partial charge in [-0.25, -0.2) is 0 Å². The van der Waals surface area contributed by atoms with Crippen LogP contribution in [0, 0.1) is 11.8 Å². The standard InChI is InChI=1S/C18H28ClN/c1-13(2)15-6-5-9-18(11-10-15)20-14(3)16-7-4-8-17(19)12-16/h4,7-8,12-15,18,20H,5-6,9-11H2,1-3H3/t14-,15?,18?/m0/s1. The quantitative estimate of drug-likeness (QED) is 0.713. The number of halogens is 1. The van der Waals surface area contributed by atoms with Crippen molar-refractivity contribution >= 4 is 11.6 Å². The van der Waals surface area contributed by atoms with E-state index >= 15 is 0 Å². The first-order valence-corrected chi connectivity index (χ1v) is 8.45. The van der Waals surface area contributed by atoms with Gasteiger partial charge in [-0.15, -0.1) is 0 Å². The number of hydrogen-bond acceptors (Lipinski definition) is 1. The second-order valence-electron chi connectivity index (χ2n) is 6.65. The lowest BCUT2D eigenvalue weighted by molar-refractivity contribution is 0.335. The Morgan fingerprint density at radius 2 is 1.90 bits per heavy atom. The van der Waals surface area contributed by atoms with Crippen LogP contribution in [0.25, 0.3) is 0 Å². The largest absolute Gasteiger partial charge is 0.307 e. The average Bonchev–Trinajstić information content (AvgIpc) is 2.64. The SMILES string of the molecule is CC(C)C1CCCC(N[C@@H](C)c2cccc(Cl)c2)CC1. The molecule has 112 valence electrons. The molecule has 0 bridgehead atoms. The molecule has 0 heterocycles. The molecule has 1 aliphatic carbocycles. The fraction of sp³-hybridized carbons (Fsp3) is 0.667. The van der Waals surface area contributed by atoms with Crippen LogP contribution in [0.4, 0.5) is 0 Å². The molecule has 2 rings (SSSR count). The van der Waals surface area contributed by atoms with Gasteiger partial charge in [0.1, 0.15) is 0 Å². The van der Waals surface area contributed by atoms with Gasteiger partial charge in [-0.05, 0) is 55.7 Å². The molecule has 20 heavy (non-hydrogen) atoms. The summed E-state index contributed by atoms with van der Waals surface area (Å²) in [5.74, 6) is 1.75. The van der Waals surface area contributed by atoms with Crippen molar-refractivity contribution in [1.29, 1.82) is 0 Å². The molecule has 3 atom stereocenters. The Bertz CT molecular complexity index is 416. The van der Waals surface area contributed by atoms with Crippen LogP contribution in [0.2, 0.25) is 5.02 Å². The maximum atomic E-state index is 6.08. The van der Waals surface area contributed by atoms with Crippen molar-refractivity contribution in [2.45, 2.75) is 65.0 Å². The molecule has 2 unspecified atom stereocenters. The lowest BCUT2D eigenvalue weighted by atomic mass is 9.89. The summed E-state index contributed by atoms with van der Waals surface area (Å²) >= 11 is 6.08. The zero-order valence-electron chi connectivity index (χ0n) is 13.0. The molecular weight excluding hydrogens is 266 g/mol. The number of hydrogen-bond donors (Lipinski definition) is 1. The summed E-state index contributed by atoms with van der Waals surface area (Å²) in [5.41, 5.74) is 1.29. The van der Waals surface area contributed by atoms with E-state index in [-0.39, 0.29) is 0 Å². The van der Waals surface area contributed by atoms with E-state index in [0.29, 0.717) is 12.1 Å². The maximum absolute atomic E-state index is 6.08. The van der Waals surface area contributed by atoms with E-state index in [1.807, 2.05) is 12.1 Å². The van der Waals surface area contributed by atoms with Crippen molar-refractivity contribution in [2.75, 3.05) is 0 Å². The lowest BCUT2D eigenvalue weighted by Crippen LogP contribution is -2.31. The monoisotopic (exact) mass is 293 g/mol. The Hall–Kier alpha value is -0.530. The first kappa shape index (κ1) is 15.9. The molecule has 1 aliphatic rings. The molecule has 1 aromatic rings. The van der Waals surface area contributed by atoms with Gasteiger partial charge in [-0.1, -0.05) is 50.4 Å². The zero-order valence-corrected chi connectivity index (χ0v) is 13.8. The van der Waals surface area contributed by atoms with E-state index < -0.39 is 0 Å². The molecule has 0 radical (unpaired) electrons. The fourth-order valence-corrected chi connectivity index (χ4v) is 3.59. The van der Waals surface area contributed by atoms with E-state index in [0.717, 1.165) is 16.9 Å². The average molecular weight is 294 g/mol. The Labute approximate surface area is 129 Å². The molecule has 0 saturated heterocycles. The third-order valence-corrected chi connectivity index (χ3v) is 5.03. The van der Waals surface area contributed by atoms with Crippen LogP contribution in [-0.2, 0) is 0 Å². The van der Waals surface area contributed by atoms with Gasteiger partial charge in [0, 0.05) is 17.1 Å². The fourth-order valence-electron chi connectivity index (χ4n) is 3.39. The van der Waals surface area contributed by atoms with Crippen LogP contribution in [0.1, 0.15) is 64.5 Å². The van der Waals surface area contributed by atoms with Gasteiger partial charge in [-0.3, -0.25) is 0 Å². The Kier molecular flexibility index (Phi) is 5.92. The zero-order chi connectivity index (χ0) is 14.5. The molecule has 1 nitrogen and oxygen atoms in total. The number of rotatable bonds is 4. The van der Waals surface area contributed by atoms with Crippen molar-refractivity contribution in [2.24, 2.45) is 11.8 Å². The highest BCUT2D eigenvalue weighted by atomic mass is 35.5. The maximum Gasteiger partial charge on any atom is 0.0409 e. The molecule has 0 amide bonds. The van der Waals surface area contributed by atoms with Gasteiger partial charge in [0.05, 0.1) is 0 Å². The molecule has 1 aromatic carbocycles. The van der Waals surface area contributed by atoms with Gasteiger partial charge in [0.25, 0.3) is 0 Å². The van der Waals surface area contributed by atoms with E-state index in [1.165, 1.54) is 37.7 Å². The molecule has 0 aliphatic heterocycles. The molecule has 2 heteroatoms. The van der Waals surface area contributed by atoms with Crippen LogP contribution >= 0.6 is 11.6 Å². The van der Waals surface area contributed by atoms with Crippen molar-refractivity contribution in [3.63, 3.8) is 0 Å². The summed E-state index contributed by atoms with van der Waals surface area (Å²) in [6, 6.07) is 9.26. The minimum atomic E-state index is 0.384. The van der Waals surface area contributed by atoms with Gasteiger partial charge in [-0.2, -0.15) is 0 Å². The van der Waals surface area contributed by atoms with Gasteiger partial charge >= 0.3 is 0 Å². The van der Waals surface area contributed by atoms with Gasteiger partial charge < -0.3 is 5.32 Å². The number of nitrogens with one attached hydrogen (secondary N) is 1. The summed E-state index contributed by atoms with van der Waals surface area (Å²) in [4.78, 5) is 0. The van der Waals surface area contributed by atoms with E-state index in [1.54, 1.807) is 0 Å². The number of benzene rings is 1. The van der Waals surface area contributed by atoms with Crippen LogP contribution < -0.4 is 5.32 Å². The van der Waals surface area contributed by atoms with Crippen LogP contribution in [-0.4, -0.2) is 6.04 Å². The Balaban J connectivity index is 1.90. The smallest absolute Gasteiger partial charge is 0.0409 e. The summed E-state index contributed by atoms with van der Waals surface area (Å²) in [7, 11) is 0. The van der Waals surface area contributed by atoms with Crippen LogP contribution in [0.5, 0.6) is 0 Å². The van der Waals surface area contributed by atoms with Crippen molar-refractivity contribution in [3.05, 3.63) is 34.9 Å². The summed E-state index contributed by atoms with van der Waals surface area (Å²) in [6.07, 6.45) is 6.77. The van der Waals surface area contributed by atoms with Crippen molar-refractivity contribution in [3.8, 4) is 0 Å². The Morgan fingerprint density at radius 1 is 1.10 bits per heavy atom. The van der Waals surface area contributed by atoms with Crippen LogP contribution in [0.15, 0.2) is 24.3 Å². The summed E-state index contributed by atoms with van der Waals surface area (Å²) in [5, 5.41) is 4.63.